The molecule has 1 heterocycles. The molecule has 6 nitrogen and oxygen atoms in total. The molecule has 1 aromatic carbocycles. The molecule has 1 aromatic heterocycles. The Labute approximate surface area is 142 Å². The number of rotatable bonds is 5. The van der Waals surface area contributed by atoms with Gasteiger partial charge in [-0.25, -0.2) is 9.78 Å². The first-order chi connectivity index (χ1) is 10.9. The van der Waals surface area contributed by atoms with Gasteiger partial charge < -0.3 is 4.74 Å². The fourth-order valence-corrected chi connectivity index (χ4v) is 2.98. The number of aromatic nitrogens is 1. The average Bonchev–Trinajstić information content (AvgIpc) is 2.54. The van der Waals surface area contributed by atoms with E-state index in [4.69, 9.17) is 11.6 Å². The molecule has 0 amide bonds. The van der Waals surface area contributed by atoms with Crippen molar-refractivity contribution in [2.75, 3.05) is 7.11 Å². The van der Waals surface area contributed by atoms with Gasteiger partial charge in [0.25, 0.3) is 0 Å². The number of nitro groups is 1. The van der Waals surface area contributed by atoms with Crippen LogP contribution in [0.15, 0.2) is 41.6 Å². The van der Waals surface area contributed by atoms with Gasteiger partial charge in [0.1, 0.15) is 0 Å². The fourth-order valence-electron chi connectivity index (χ4n) is 1.86. The van der Waals surface area contributed by atoms with Crippen LogP contribution in [0.25, 0.3) is 0 Å². The molecule has 0 aliphatic carbocycles. The number of carbonyl (C=O) groups excluding carboxylic acids is 1. The SMILES string of the molecule is COC(=O)c1cnc(SC(C)c2ccc(Cl)cc2)c([N+](=O)[O-])c1. The van der Waals surface area contributed by atoms with Gasteiger partial charge in [0.15, 0.2) is 5.03 Å². The van der Waals surface area contributed by atoms with Crippen molar-refractivity contribution in [3.63, 3.8) is 0 Å². The average molecular weight is 353 g/mol. The lowest BCUT2D eigenvalue weighted by Gasteiger charge is -2.11. The zero-order chi connectivity index (χ0) is 17.0. The van der Waals surface area contributed by atoms with Crippen LogP contribution in [0.2, 0.25) is 5.02 Å². The maximum atomic E-state index is 11.5. The molecule has 23 heavy (non-hydrogen) atoms. The maximum absolute atomic E-state index is 11.5. The molecule has 2 rings (SSSR count). The number of pyridine rings is 1. The summed E-state index contributed by atoms with van der Waals surface area (Å²) in [7, 11) is 1.21. The number of ether oxygens (including phenoxy) is 1. The number of carbonyl (C=O) groups is 1. The summed E-state index contributed by atoms with van der Waals surface area (Å²) in [5, 5.41) is 12.0. The molecule has 0 fully saturated rings. The number of esters is 1. The number of hydrogen-bond donors (Lipinski definition) is 0. The van der Waals surface area contributed by atoms with Crippen molar-refractivity contribution in [1.29, 1.82) is 0 Å². The van der Waals surface area contributed by atoms with Gasteiger partial charge in [-0.2, -0.15) is 0 Å². The number of halogens is 1. The van der Waals surface area contributed by atoms with Crippen LogP contribution in [-0.4, -0.2) is 23.0 Å². The number of hydrogen-bond acceptors (Lipinski definition) is 6. The predicted molar refractivity (Wildman–Crippen MR) is 88.0 cm³/mol. The van der Waals surface area contributed by atoms with Gasteiger partial charge in [-0.15, -0.1) is 0 Å². The van der Waals surface area contributed by atoms with Crippen LogP contribution >= 0.6 is 23.4 Å². The van der Waals surface area contributed by atoms with E-state index in [1.54, 1.807) is 12.1 Å². The van der Waals surface area contributed by atoms with E-state index in [0.29, 0.717) is 5.02 Å². The zero-order valence-electron chi connectivity index (χ0n) is 12.4. The first kappa shape index (κ1) is 17.2. The third-order valence-electron chi connectivity index (χ3n) is 3.08. The summed E-state index contributed by atoms with van der Waals surface area (Å²) in [6.45, 7) is 1.91. The molecule has 0 N–H and O–H groups in total. The fraction of sp³-hybridized carbons (Fsp3) is 0.200. The number of nitrogens with zero attached hydrogens (tertiary/aromatic N) is 2. The second-order valence-electron chi connectivity index (χ2n) is 4.61. The Morgan fingerprint density at radius 1 is 1.39 bits per heavy atom. The summed E-state index contributed by atoms with van der Waals surface area (Å²) in [6.07, 6.45) is 1.27. The predicted octanol–water partition coefficient (Wildman–Crippen LogP) is 4.28. The molecule has 0 saturated carbocycles. The Hall–Kier alpha value is -2.12. The molecule has 0 bridgehead atoms. The normalized spacial score (nSPS) is 11.8. The van der Waals surface area contributed by atoms with E-state index < -0.39 is 10.9 Å². The summed E-state index contributed by atoms with van der Waals surface area (Å²) in [5.74, 6) is -0.664. The van der Waals surface area contributed by atoms with Crippen molar-refractivity contribution in [3.8, 4) is 0 Å². The minimum absolute atomic E-state index is 0.0442. The summed E-state index contributed by atoms with van der Waals surface area (Å²) in [5.41, 5.74) is 0.786. The largest absolute Gasteiger partial charge is 0.465 e. The van der Waals surface area contributed by atoms with E-state index in [2.05, 4.69) is 9.72 Å². The molecular weight excluding hydrogens is 340 g/mol. The van der Waals surface area contributed by atoms with Crippen LogP contribution in [-0.2, 0) is 4.74 Å². The minimum Gasteiger partial charge on any atom is -0.465 e. The number of methoxy groups -OCH3 is 1. The highest BCUT2D eigenvalue weighted by Crippen LogP contribution is 2.38. The minimum atomic E-state index is -0.664. The molecule has 120 valence electrons. The topological polar surface area (TPSA) is 82.3 Å². The molecular formula is C15H13ClN2O4S. The van der Waals surface area contributed by atoms with Crippen LogP contribution in [0.3, 0.4) is 0 Å². The Bertz CT molecular complexity index is 737. The lowest BCUT2D eigenvalue weighted by Crippen LogP contribution is -2.04. The van der Waals surface area contributed by atoms with Crippen LogP contribution in [0.1, 0.15) is 28.1 Å². The number of benzene rings is 1. The van der Waals surface area contributed by atoms with Crippen LogP contribution in [0.5, 0.6) is 0 Å². The second-order valence-corrected chi connectivity index (χ2v) is 6.37. The summed E-state index contributed by atoms with van der Waals surface area (Å²) >= 11 is 7.09. The van der Waals surface area contributed by atoms with Crippen molar-refractivity contribution in [3.05, 3.63) is 62.8 Å². The third-order valence-corrected chi connectivity index (χ3v) is 4.49. The highest BCUT2D eigenvalue weighted by molar-refractivity contribution is 7.99. The van der Waals surface area contributed by atoms with Gasteiger partial charge in [0.2, 0.25) is 0 Å². The lowest BCUT2D eigenvalue weighted by atomic mass is 10.2. The monoisotopic (exact) mass is 352 g/mol. The highest BCUT2D eigenvalue weighted by atomic mass is 35.5. The van der Waals surface area contributed by atoms with Gasteiger partial charge in [-0.1, -0.05) is 35.5 Å². The Balaban J connectivity index is 2.29. The molecule has 2 aromatic rings. The van der Waals surface area contributed by atoms with Crippen molar-refractivity contribution >= 4 is 35.0 Å². The van der Waals surface area contributed by atoms with E-state index >= 15 is 0 Å². The molecule has 1 atom stereocenters. The maximum Gasteiger partial charge on any atom is 0.339 e. The molecule has 0 aliphatic heterocycles. The first-order valence-electron chi connectivity index (χ1n) is 6.57. The Kier molecular flexibility index (Phi) is 5.57. The molecule has 8 heteroatoms. The van der Waals surface area contributed by atoms with E-state index in [0.717, 1.165) is 5.56 Å². The standard InChI is InChI=1S/C15H13ClN2O4S/c1-9(10-3-5-12(16)6-4-10)23-14-13(18(20)21)7-11(8-17-14)15(19)22-2/h3-9H,1-2H3. The van der Waals surface area contributed by atoms with Crippen molar-refractivity contribution in [1.82, 2.24) is 4.98 Å². The molecule has 0 aliphatic rings. The summed E-state index contributed by atoms with van der Waals surface area (Å²) in [4.78, 5) is 26.2. The Morgan fingerprint density at radius 2 is 2.04 bits per heavy atom. The Morgan fingerprint density at radius 3 is 2.61 bits per heavy atom. The molecule has 0 saturated heterocycles. The van der Waals surface area contributed by atoms with E-state index in [-0.39, 0.29) is 21.5 Å². The smallest absolute Gasteiger partial charge is 0.339 e. The van der Waals surface area contributed by atoms with Gasteiger partial charge in [0.05, 0.1) is 17.6 Å². The van der Waals surface area contributed by atoms with Crippen LogP contribution in [0.4, 0.5) is 5.69 Å². The first-order valence-corrected chi connectivity index (χ1v) is 7.83. The molecule has 1 unspecified atom stereocenters. The second kappa shape index (κ2) is 7.43. The highest BCUT2D eigenvalue weighted by Gasteiger charge is 2.22. The van der Waals surface area contributed by atoms with E-state index in [1.807, 2.05) is 19.1 Å². The van der Waals surface area contributed by atoms with Crippen molar-refractivity contribution < 1.29 is 14.5 Å². The van der Waals surface area contributed by atoms with Gasteiger partial charge in [-0.05, 0) is 24.6 Å². The van der Waals surface area contributed by atoms with Gasteiger partial charge in [0, 0.05) is 22.5 Å². The van der Waals surface area contributed by atoms with Gasteiger partial charge in [-0.3, -0.25) is 10.1 Å². The quantitative estimate of drug-likeness (QED) is 0.345. The van der Waals surface area contributed by atoms with Crippen molar-refractivity contribution in [2.45, 2.75) is 17.2 Å². The summed E-state index contributed by atoms with van der Waals surface area (Å²) < 4.78 is 4.55. The third kappa shape index (κ3) is 4.20. The van der Waals surface area contributed by atoms with Crippen LogP contribution in [0, 0.1) is 10.1 Å². The summed E-state index contributed by atoms with van der Waals surface area (Å²) in [6, 6.07) is 8.41. The number of thioether (sulfide) groups is 1. The molecule has 0 radical (unpaired) electrons. The van der Waals surface area contributed by atoms with E-state index in [1.165, 1.54) is 31.1 Å². The van der Waals surface area contributed by atoms with Crippen molar-refractivity contribution in [2.24, 2.45) is 0 Å². The van der Waals surface area contributed by atoms with Crippen LogP contribution < -0.4 is 0 Å². The molecule has 0 spiro atoms. The zero-order valence-corrected chi connectivity index (χ0v) is 13.9. The van der Waals surface area contributed by atoms with E-state index in [9.17, 15) is 14.9 Å². The lowest BCUT2D eigenvalue weighted by molar-refractivity contribution is -0.388. The van der Waals surface area contributed by atoms with Gasteiger partial charge >= 0.3 is 11.7 Å².